The van der Waals surface area contributed by atoms with Gasteiger partial charge < -0.3 is 10.6 Å². The second kappa shape index (κ2) is 7.97. The molecular weight excluding hydrogens is 384 g/mol. The molecule has 2 aliphatic rings. The minimum absolute atomic E-state index is 0.146. The Kier molecular flexibility index (Phi) is 5.41. The maximum Gasteiger partial charge on any atom is 0.243 e. The van der Waals surface area contributed by atoms with Gasteiger partial charge in [-0.15, -0.1) is 11.3 Å². The number of amides is 2. The summed E-state index contributed by atoms with van der Waals surface area (Å²) in [7, 11) is 0. The van der Waals surface area contributed by atoms with Gasteiger partial charge in [0.1, 0.15) is 0 Å². The van der Waals surface area contributed by atoms with E-state index in [1.165, 1.54) is 29.3 Å². The van der Waals surface area contributed by atoms with E-state index < -0.39 is 17.5 Å². The second-order valence-electron chi connectivity index (χ2n) is 7.26. The third kappa shape index (κ3) is 4.23. The third-order valence-corrected chi connectivity index (χ3v) is 6.18. The molecule has 1 aromatic heterocycles. The van der Waals surface area contributed by atoms with Crippen LogP contribution in [-0.4, -0.2) is 36.3 Å². The highest BCUT2D eigenvalue weighted by Crippen LogP contribution is 2.48. The van der Waals surface area contributed by atoms with Crippen molar-refractivity contribution in [3.8, 4) is 0 Å². The van der Waals surface area contributed by atoms with Crippen LogP contribution in [0.15, 0.2) is 29.6 Å². The summed E-state index contributed by atoms with van der Waals surface area (Å²) in [6.45, 7) is 0.863. The average molecular weight is 405 g/mol. The number of carbonyl (C=O) groups is 2. The van der Waals surface area contributed by atoms with Crippen LogP contribution in [0.25, 0.3) is 0 Å². The molecule has 1 aliphatic carbocycles. The van der Waals surface area contributed by atoms with E-state index in [-0.39, 0.29) is 30.7 Å². The van der Waals surface area contributed by atoms with E-state index in [1.54, 1.807) is 11.3 Å². The quantitative estimate of drug-likeness (QED) is 0.777. The van der Waals surface area contributed by atoms with Crippen LogP contribution in [0, 0.1) is 17.6 Å². The van der Waals surface area contributed by atoms with Crippen LogP contribution in [0.5, 0.6) is 0 Å². The number of fused-ring (bicyclic) bond motifs is 1. The molecule has 148 valence electrons. The molecule has 0 bridgehead atoms. The Labute approximate surface area is 165 Å². The van der Waals surface area contributed by atoms with Crippen LogP contribution in [0.4, 0.5) is 14.5 Å². The lowest BCUT2D eigenvalue weighted by Crippen LogP contribution is -2.44. The standard InChI is InChI=1S/C20H21F2N3O2S/c21-15-4-3-13(9-16(15)22)24-18(26)10-23-19(27)11-25-7-5-17-14(6-8-28-17)20(25)12-1-2-12/h3-4,6,8-9,12,20H,1-2,5,7,10-11H2,(H,23,27)(H,24,26)/t20-/m0/s1. The molecule has 1 aromatic carbocycles. The molecule has 0 radical (unpaired) electrons. The minimum Gasteiger partial charge on any atom is -0.346 e. The van der Waals surface area contributed by atoms with Crippen molar-refractivity contribution >= 4 is 28.8 Å². The molecule has 4 rings (SSSR count). The van der Waals surface area contributed by atoms with Gasteiger partial charge in [-0.2, -0.15) is 0 Å². The van der Waals surface area contributed by atoms with Crippen molar-refractivity contribution < 1.29 is 18.4 Å². The van der Waals surface area contributed by atoms with E-state index >= 15 is 0 Å². The van der Waals surface area contributed by atoms with Crippen molar-refractivity contribution in [2.24, 2.45) is 5.92 Å². The van der Waals surface area contributed by atoms with Crippen LogP contribution < -0.4 is 10.6 Å². The molecule has 1 fully saturated rings. The van der Waals surface area contributed by atoms with E-state index in [0.29, 0.717) is 5.92 Å². The molecule has 1 atom stereocenters. The molecule has 2 aromatic rings. The zero-order valence-electron chi connectivity index (χ0n) is 15.2. The number of hydrogen-bond acceptors (Lipinski definition) is 4. The fourth-order valence-corrected chi connectivity index (χ4v) is 4.65. The number of rotatable bonds is 6. The molecule has 5 nitrogen and oxygen atoms in total. The molecule has 1 aliphatic heterocycles. The first kappa shape index (κ1) is 19.0. The summed E-state index contributed by atoms with van der Waals surface area (Å²) in [5.41, 5.74) is 1.50. The normalized spacial score (nSPS) is 19.1. The van der Waals surface area contributed by atoms with E-state index in [2.05, 4.69) is 27.0 Å². The fourth-order valence-electron chi connectivity index (χ4n) is 3.74. The lowest BCUT2D eigenvalue weighted by Gasteiger charge is -2.35. The Hall–Kier alpha value is -2.32. The Morgan fingerprint density at radius 3 is 2.71 bits per heavy atom. The molecule has 2 N–H and O–H groups in total. The largest absolute Gasteiger partial charge is 0.346 e. The number of benzene rings is 1. The number of thiophene rings is 1. The smallest absolute Gasteiger partial charge is 0.243 e. The van der Waals surface area contributed by atoms with Crippen molar-refractivity contribution in [2.45, 2.75) is 25.3 Å². The second-order valence-corrected chi connectivity index (χ2v) is 8.26. The van der Waals surface area contributed by atoms with Crippen LogP contribution in [0.3, 0.4) is 0 Å². The number of halogens is 2. The predicted molar refractivity (Wildman–Crippen MR) is 103 cm³/mol. The van der Waals surface area contributed by atoms with Gasteiger partial charge in [-0.05, 0) is 54.3 Å². The van der Waals surface area contributed by atoms with Gasteiger partial charge in [0.2, 0.25) is 11.8 Å². The highest BCUT2D eigenvalue weighted by atomic mass is 32.1. The highest BCUT2D eigenvalue weighted by Gasteiger charge is 2.40. The predicted octanol–water partition coefficient (Wildman–Crippen LogP) is 3.09. The van der Waals surface area contributed by atoms with Gasteiger partial charge in [-0.25, -0.2) is 8.78 Å². The number of nitrogens with zero attached hydrogens (tertiary/aromatic N) is 1. The van der Waals surface area contributed by atoms with Crippen molar-refractivity contribution in [1.29, 1.82) is 0 Å². The molecule has 2 heterocycles. The molecule has 0 saturated heterocycles. The van der Waals surface area contributed by atoms with Crippen LogP contribution >= 0.6 is 11.3 Å². The SMILES string of the molecule is O=C(CN1CCc2sccc2[C@@H]1C1CC1)NCC(=O)Nc1ccc(F)c(F)c1. The van der Waals surface area contributed by atoms with E-state index in [1.807, 2.05) is 0 Å². The Balaban J connectivity index is 1.29. The summed E-state index contributed by atoms with van der Waals surface area (Å²) in [6, 6.07) is 5.57. The van der Waals surface area contributed by atoms with Crippen molar-refractivity contribution in [1.82, 2.24) is 10.2 Å². The molecule has 8 heteroatoms. The topological polar surface area (TPSA) is 61.4 Å². The first-order chi connectivity index (χ1) is 13.5. The molecule has 0 spiro atoms. The van der Waals surface area contributed by atoms with Gasteiger partial charge in [0, 0.05) is 29.2 Å². The van der Waals surface area contributed by atoms with Crippen molar-refractivity contribution in [3.63, 3.8) is 0 Å². The summed E-state index contributed by atoms with van der Waals surface area (Å²) < 4.78 is 26.1. The highest BCUT2D eigenvalue weighted by molar-refractivity contribution is 7.10. The summed E-state index contributed by atoms with van der Waals surface area (Å²) in [6.07, 6.45) is 3.32. The summed E-state index contributed by atoms with van der Waals surface area (Å²) in [5, 5.41) is 7.18. The summed E-state index contributed by atoms with van der Waals surface area (Å²) in [4.78, 5) is 27.9. The van der Waals surface area contributed by atoms with Gasteiger partial charge in [0.25, 0.3) is 0 Å². The number of hydrogen-bond donors (Lipinski definition) is 2. The van der Waals surface area contributed by atoms with Gasteiger partial charge >= 0.3 is 0 Å². The maximum absolute atomic E-state index is 13.2. The van der Waals surface area contributed by atoms with Gasteiger partial charge in [0.05, 0.1) is 13.1 Å². The van der Waals surface area contributed by atoms with Crippen molar-refractivity contribution in [2.75, 3.05) is 25.0 Å². The maximum atomic E-state index is 13.2. The average Bonchev–Trinajstić information content (AvgIpc) is 3.39. The molecule has 28 heavy (non-hydrogen) atoms. The minimum atomic E-state index is -1.04. The van der Waals surface area contributed by atoms with E-state index in [0.717, 1.165) is 25.1 Å². The zero-order valence-corrected chi connectivity index (χ0v) is 16.0. The number of nitrogens with one attached hydrogen (secondary N) is 2. The Morgan fingerprint density at radius 1 is 1.14 bits per heavy atom. The number of carbonyl (C=O) groups excluding carboxylic acids is 2. The first-order valence-electron chi connectivity index (χ1n) is 9.33. The lowest BCUT2D eigenvalue weighted by atomic mass is 9.96. The molecule has 2 amide bonds. The third-order valence-electron chi connectivity index (χ3n) is 5.18. The summed E-state index contributed by atoms with van der Waals surface area (Å²) >= 11 is 1.78. The van der Waals surface area contributed by atoms with E-state index in [4.69, 9.17) is 0 Å². The van der Waals surface area contributed by atoms with Crippen LogP contribution in [0.1, 0.15) is 29.3 Å². The van der Waals surface area contributed by atoms with Crippen molar-refractivity contribution in [3.05, 3.63) is 51.7 Å². The molecule has 0 unspecified atom stereocenters. The van der Waals surface area contributed by atoms with Gasteiger partial charge in [-0.3, -0.25) is 14.5 Å². The number of anilines is 1. The van der Waals surface area contributed by atoms with Gasteiger partial charge in [-0.1, -0.05) is 0 Å². The molecule has 1 saturated carbocycles. The summed E-state index contributed by atoms with van der Waals surface area (Å²) in [5.74, 6) is -2.11. The Bertz CT molecular complexity index is 897. The first-order valence-corrected chi connectivity index (χ1v) is 10.2. The van der Waals surface area contributed by atoms with Crippen LogP contribution in [-0.2, 0) is 16.0 Å². The van der Waals surface area contributed by atoms with Gasteiger partial charge in [0.15, 0.2) is 11.6 Å². The van der Waals surface area contributed by atoms with Crippen LogP contribution in [0.2, 0.25) is 0 Å². The zero-order chi connectivity index (χ0) is 19.7. The lowest BCUT2D eigenvalue weighted by molar-refractivity contribution is -0.125. The molecular formula is C20H21F2N3O2S. The fraction of sp³-hybridized carbons (Fsp3) is 0.400. The Morgan fingerprint density at radius 2 is 1.96 bits per heavy atom. The monoisotopic (exact) mass is 405 g/mol. The van der Waals surface area contributed by atoms with E-state index in [9.17, 15) is 18.4 Å².